The summed E-state index contributed by atoms with van der Waals surface area (Å²) in [6.45, 7) is 2.01. The third kappa shape index (κ3) is 2.98. The van der Waals surface area contributed by atoms with Gasteiger partial charge in [-0.05, 0) is 48.9 Å². The van der Waals surface area contributed by atoms with Crippen molar-refractivity contribution in [2.24, 2.45) is 5.92 Å². The van der Waals surface area contributed by atoms with Gasteiger partial charge in [-0.15, -0.1) is 0 Å². The van der Waals surface area contributed by atoms with Gasteiger partial charge in [-0.1, -0.05) is 59.6 Å². The van der Waals surface area contributed by atoms with E-state index in [-0.39, 0.29) is 11.8 Å². The molecule has 0 spiro atoms. The number of hydroxylamine groups is 1. The van der Waals surface area contributed by atoms with Gasteiger partial charge in [-0.3, -0.25) is 14.4 Å². The van der Waals surface area contributed by atoms with E-state index < -0.39 is 18.1 Å². The minimum atomic E-state index is -0.875. The fraction of sp³-hybridized carbons (Fsp3) is 0.167. The first-order valence-corrected chi connectivity index (χ1v) is 10.1. The monoisotopic (exact) mass is 418 g/mol. The van der Waals surface area contributed by atoms with Gasteiger partial charge in [0.05, 0.1) is 17.4 Å². The minimum absolute atomic E-state index is 0.267. The molecule has 5 nitrogen and oxygen atoms in total. The number of fused-ring (bicyclic) bond motifs is 1. The van der Waals surface area contributed by atoms with Crippen LogP contribution in [-0.4, -0.2) is 17.9 Å². The number of para-hydroxylation sites is 1. The molecule has 150 valence electrons. The highest BCUT2D eigenvalue weighted by Crippen LogP contribution is 2.47. The maximum atomic E-state index is 13.5. The number of benzene rings is 3. The van der Waals surface area contributed by atoms with E-state index in [1.54, 1.807) is 29.3 Å². The number of hydrogen-bond donors (Lipinski definition) is 0. The molecule has 3 aromatic carbocycles. The van der Waals surface area contributed by atoms with E-state index >= 15 is 0 Å². The lowest BCUT2D eigenvalue weighted by atomic mass is 9.90. The maximum absolute atomic E-state index is 13.5. The Morgan fingerprint density at radius 1 is 0.800 bits per heavy atom. The molecule has 5 rings (SSSR count). The molecule has 0 aliphatic carbocycles. The molecule has 6 heteroatoms. The topological polar surface area (TPSA) is 49.9 Å². The number of amides is 2. The number of aryl methyl sites for hydroxylation is 1. The molecule has 30 heavy (non-hydrogen) atoms. The average molecular weight is 419 g/mol. The van der Waals surface area contributed by atoms with Crippen LogP contribution in [0.15, 0.2) is 78.9 Å². The Bertz CT molecular complexity index is 1100. The fourth-order valence-corrected chi connectivity index (χ4v) is 4.29. The molecule has 2 amide bonds. The van der Waals surface area contributed by atoms with Crippen LogP contribution in [0.5, 0.6) is 0 Å². The summed E-state index contributed by atoms with van der Waals surface area (Å²) < 4.78 is 0. The van der Waals surface area contributed by atoms with Crippen molar-refractivity contribution < 1.29 is 14.4 Å². The normalized spacial score (nSPS) is 23.2. The Morgan fingerprint density at radius 3 is 2.13 bits per heavy atom. The van der Waals surface area contributed by atoms with Crippen LogP contribution in [-0.2, 0) is 14.4 Å². The number of rotatable bonds is 3. The zero-order valence-corrected chi connectivity index (χ0v) is 17.0. The summed E-state index contributed by atoms with van der Waals surface area (Å²) in [7, 11) is 0. The van der Waals surface area contributed by atoms with Crippen LogP contribution in [0, 0.1) is 12.8 Å². The van der Waals surface area contributed by atoms with Crippen molar-refractivity contribution in [3.05, 3.63) is 95.0 Å². The van der Waals surface area contributed by atoms with Crippen LogP contribution in [0.1, 0.15) is 17.2 Å². The molecule has 0 bridgehead atoms. The van der Waals surface area contributed by atoms with Crippen molar-refractivity contribution in [2.75, 3.05) is 9.96 Å². The largest absolute Gasteiger partial charge is 0.273 e. The van der Waals surface area contributed by atoms with E-state index in [0.29, 0.717) is 10.7 Å². The molecule has 0 radical (unpaired) electrons. The molecule has 0 saturated carbocycles. The SMILES string of the molecule is Cc1ccc([C@@H]2[C@@H]3C(=O)N(c4ccc(Cl)cc4)C(=O)[C@@H]3ON2c2ccccc2)cc1. The van der Waals surface area contributed by atoms with E-state index in [9.17, 15) is 9.59 Å². The molecule has 3 atom stereocenters. The molecule has 2 aliphatic heterocycles. The van der Waals surface area contributed by atoms with Gasteiger partial charge in [0.2, 0.25) is 5.91 Å². The summed E-state index contributed by atoms with van der Waals surface area (Å²) in [4.78, 5) is 34.0. The van der Waals surface area contributed by atoms with Crippen LogP contribution in [0.25, 0.3) is 0 Å². The Kier molecular flexibility index (Phi) is 4.57. The summed E-state index contributed by atoms with van der Waals surface area (Å²) in [5.41, 5.74) is 3.35. The third-order valence-electron chi connectivity index (χ3n) is 5.63. The number of hydrogen-bond acceptors (Lipinski definition) is 4. The van der Waals surface area contributed by atoms with Gasteiger partial charge >= 0.3 is 0 Å². The number of nitrogens with zero attached hydrogens (tertiary/aromatic N) is 2. The quantitative estimate of drug-likeness (QED) is 0.578. The molecule has 2 aliphatic rings. The first-order valence-electron chi connectivity index (χ1n) is 9.75. The van der Waals surface area contributed by atoms with Crippen molar-refractivity contribution in [1.82, 2.24) is 0 Å². The second-order valence-corrected chi connectivity index (χ2v) is 7.99. The first kappa shape index (κ1) is 18.9. The van der Waals surface area contributed by atoms with Crippen LogP contribution < -0.4 is 9.96 Å². The summed E-state index contributed by atoms with van der Waals surface area (Å²) >= 11 is 5.97. The molecule has 2 fully saturated rings. The summed E-state index contributed by atoms with van der Waals surface area (Å²) in [6.07, 6.45) is -0.875. The number of carbonyl (C=O) groups excluding carboxylic acids is 2. The highest BCUT2D eigenvalue weighted by Gasteiger charge is 2.60. The standard InChI is InChI=1S/C24H19ClN2O3/c1-15-7-9-16(10-8-15)21-20-22(30-27(21)19-5-3-2-4-6-19)24(29)26(23(20)28)18-13-11-17(25)12-14-18/h2-14,20-22H,1H3/t20-,21+,22+/m0/s1. The van der Waals surface area contributed by atoms with Gasteiger partial charge < -0.3 is 0 Å². The van der Waals surface area contributed by atoms with Crippen molar-refractivity contribution in [2.45, 2.75) is 19.1 Å². The summed E-state index contributed by atoms with van der Waals surface area (Å²) in [6, 6.07) is 23.8. The third-order valence-corrected chi connectivity index (χ3v) is 5.88. The predicted molar refractivity (Wildman–Crippen MR) is 115 cm³/mol. The number of imide groups is 1. The minimum Gasteiger partial charge on any atom is -0.273 e. The molecular weight excluding hydrogens is 400 g/mol. The lowest BCUT2D eigenvalue weighted by Gasteiger charge is -2.28. The van der Waals surface area contributed by atoms with E-state index in [4.69, 9.17) is 16.4 Å². The van der Waals surface area contributed by atoms with Gasteiger partial charge in [-0.2, -0.15) is 0 Å². The van der Waals surface area contributed by atoms with Crippen LogP contribution >= 0.6 is 11.6 Å². The second kappa shape index (κ2) is 7.27. The van der Waals surface area contributed by atoms with Crippen molar-refractivity contribution in [1.29, 1.82) is 0 Å². The smallest absolute Gasteiger partial charge is 0.266 e. The highest BCUT2D eigenvalue weighted by molar-refractivity contribution is 6.31. The van der Waals surface area contributed by atoms with Crippen LogP contribution in [0.2, 0.25) is 5.02 Å². The van der Waals surface area contributed by atoms with E-state index in [2.05, 4.69) is 0 Å². The molecule has 0 N–H and O–H groups in total. The highest BCUT2D eigenvalue weighted by atomic mass is 35.5. The van der Waals surface area contributed by atoms with Gasteiger partial charge in [0.25, 0.3) is 5.91 Å². The molecule has 2 heterocycles. The lowest BCUT2D eigenvalue weighted by Crippen LogP contribution is -2.37. The van der Waals surface area contributed by atoms with Gasteiger partial charge in [0.1, 0.15) is 5.92 Å². The molecule has 0 aromatic heterocycles. The Balaban J connectivity index is 1.58. The summed E-state index contributed by atoms with van der Waals surface area (Å²) in [5, 5.41) is 2.25. The van der Waals surface area contributed by atoms with Crippen LogP contribution in [0.3, 0.4) is 0 Å². The predicted octanol–water partition coefficient (Wildman–Crippen LogP) is 4.70. The average Bonchev–Trinajstić information content (AvgIpc) is 3.27. The van der Waals surface area contributed by atoms with E-state index in [0.717, 1.165) is 16.8 Å². The Hall–Kier alpha value is -3.15. The molecule has 2 saturated heterocycles. The van der Waals surface area contributed by atoms with Crippen LogP contribution in [0.4, 0.5) is 11.4 Å². The van der Waals surface area contributed by atoms with E-state index in [1.807, 2.05) is 61.5 Å². The molecule has 0 unspecified atom stereocenters. The zero-order chi connectivity index (χ0) is 20.8. The second-order valence-electron chi connectivity index (χ2n) is 7.56. The van der Waals surface area contributed by atoms with Crippen molar-refractivity contribution >= 4 is 34.8 Å². The molecule has 3 aromatic rings. The lowest BCUT2D eigenvalue weighted by molar-refractivity contribution is -0.126. The van der Waals surface area contributed by atoms with Gasteiger partial charge in [-0.25, -0.2) is 9.96 Å². The Labute approximate surface area is 179 Å². The number of anilines is 2. The van der Waals surface area contributed by atoms with Crippen molar-refractivity contribution in [3.8, 4) is 0 Å². The number of carbonyl (C=O) groups is 2. The van der Waals surface area contributed by atoms with E-state index in [1.165, 1.54) is 4.90 Å². The zero-order valence-electron chi connectivity index (χ0n) is 16.2. The van der Waals surface area contributed by atoms with Gasteiger partial charge in [0.15, 0.2) is 6.10 Å². The summed E-state index contributed by atoms with van der Waals surface area (Å²) in [5.74, 6) is -1.27. The fourth-order valence-electron chi connectivity index (χ4n) is 4.16. The Morgan fingerprint density at radius 2 is 1.47 bits per heavy atom. The number of halogens is 1. The van der Waals surface area contributed by atoms with Gasteiger partial charge in [0, 0.05) is 5.02 Å². The maximum Gasteiger partial charge on any atom is 0.266 e. The molecular formula is C24H19ClN2O3. The first-order chi connectivity index (χ1) is 14.5. The van der Waals surface area contributed by atoms with Crippen molar-refractivity contribution in [3.63, 3.8) is 0 Å².